The number of hydrogen-bond acceptors (Lipinski definition) is 2. The van der Waals surface area contributed by atoms with E-state index in [4.69, 9.17) is 0 Å². The Hall–Kier alpha value is -1.38. The van der Waals surface area contributed by atoms with E-state index in [-0.39, 0.29) is 0 Å². The second-order valence-corrected chi connectivity index (χ2v) is 9.67. The summed E-state index contributed by atoms with van der Waals surface area (Å²) in [4.78, 5) is 2.91. The second-order valence-electron chi connectivity index (χ2n) is 7.22. The van der Waals surface area contributed by atoms with E-state index >= 15 is 0 Å². The Morgan fingerprint density at radius 2 is 0.708 bits per heavy atom. The fourth-order valence-corrected chi connectivity index (χ4v) is 6.55. The maximum atomic E-state index is 2.32. The Balaban J connectivity index is 2.51. The van der Waals surface area contributed by atoms with Gasteiger partial charge < -0.3 is 0 Å². The maximum Gasteiger partial charge on any atom is 0.0386 e. The molecule has 124 valence electrons. The number of rotatable bonds is 0. The molecular formula is C22H24S2. The van der Waals surface area contributed by atoms with Crippen molar-refractivity contribution in [2.45, 2.75) is 55.4 Å². The van der Waals surface area contributed by atoms with E-state index in [2.05, 4.69) is 55.4 Å². The maximum absolute atomic E-state index is 2.32. The van der Waals surface area contributed by atoms with Crippen molar-refractivity contribution >= 4 is 53.6 Å². The van der Waals surface area contributed by atoms with Crippen LogP contribution in [-0.4, -0.2) is 0 Å². The molecule has 0 saturated heterocycles. The van der Waals surface area contributed by atoms with Crippen LogP contribution < -0.4 is 0 Å². The molecular weight excluding hydrogens is 328 g/mol. The molecule has 0 aliphatic carbocycles. The smallest absolute Gasteiger partial charge is 0.0386 e. The molecule has 0 N–H and O–H groups in total. The monoisotopic (exact) mass is 352 g/mol. The summed E-state index contributed by atoms with van der Waals surface area (Å²) in [5, 5.41) is 6.00. The van der Waals surface area contributed by atoms with Crippen LogP contribution in [0.5, 0.6) is 0 Å². The quantitative estimate of drug-likeness (QED) is 0.303. The molecule has 0 spiro atoms. The average molecular weight is 353 g/mol. The zero-order chi connectivity index (χ0) is 17.5. The number of benzene rings is 2. The highest BCUT2D eigenvalue weighted by Gasteiger charge is 2.21. The van der Waals surface area contributed by atoms with Crippen molar-refractivity contribution in [3.63, 3.8) is 0 Å². The average Bonchev–Trinajstić information content (AvgIpc) is 3.00. The summed E-state index contributed by atoms with van der Waals surface area (Å²) in [7, 11) is 0. The third-order valence-corrected chi connectivity index (χ3v) is 8.73. The van der Waals surface area contributed by atoms with E-state index in [0.717, 1.165) is 0 Å². The summed E-state index contributed by atoms with van der Waals surface area (Å²) in [6.07, 6.45) is 0. The van der Waals surface area contributed by atoms with Crippen LogP contribution in [0, 0.1) is 55.4 Å². The predicted molar refractivity (Wildman–Crippen MR) is 113 cm³/mol. The van der Waals surface area contributed by atoms with Crippen LogP contribution in [-0.2, 0) is 0 Å². The molecule has 0 atom stereocenters. The van der Waals surface area contributed by atoms with Gasteiger partial charge in [-0.2, -0.15) is 0 Å². The summed E-state index contributed by atoms with van der Waals surface area (Å²) in [6, 6.07) is 0. The summed E-state index contributed by atoms with van der Waals surface area (Å²) in [6.45, 7) is 18.4. The third kappa shape index (κ3) is 1.79. The van der Waals surface area contributed by atoms with Crippen molar-refractivity contribution in [1.29, 1.82) is 0 Å². The summed E-state index contributed by atoms with van der Waals surface area (Å²) >= 11 is 3.93. The van der Waals surface area contributed by atoms with E-state index in [9.17, 15) is 0 Å². The number of aryl methyl sites for hydroxylation is 8. The highest BCUT2D eigenvalue weighted by atomic mass is 32.1. The Kier molecular flexibility index (Phi) is 3.40. The van der Waals surface area contributed by atoms with Crippen molar-refractivity contribution in [1.82, 2.24) is 0 Å². The van der Waals surface area contributed by atoms with Gasteiger partial charge in [-0.05, 0) is 99.5 Å². The Labute approximate surface area is 152 Å². The number of fused-ring (bicyclic) bond motifs is 5. The van der Waals surface area contributed by atoms with Gasteiger partial charge in [0.1, 0.15) is 0 Å². The van der Waals surface area contributed by atoms with Gasteiger partial charge in [0.15, 0.2) is 0 Å². The van der Waals surface area contributed by atoms with Gasteiger partial charge in [-0.1, -0.05) is 0 Å². The van der Waals surface area contributed by atoms with Crippen LogP contribution in [0.25, 0.3) is 30.9 Å². The van der Waals surface area contributed by atoms with Gasteiger partial charge in [0.2, 0.25) is 0 Å². The van der Waals surface area contributed by atoms with Crippen LogP contribution in [0.3, 0.4) is 0 Å². The summed E-state index contributed by atoms with van der Waals surface area (Å²) < 4.78 is 2.97. The minimum absolute atomic E-state index is 1.45. The molecule has 0 aliphatic rings. The van der Waals surface area contributed by atoms with E-state index in [0.29, 0.717) is 0 Å². The molecule has 0 bridgehead atoms. The molecule has 0 radical (unpaired) electrons. The van der Waals surface area contributed by atoms with Gasteiger partial charge >= 0.3 is 0 Å². The molecule has 4 aromatic rings. The fraction of sp³-hybridized carbons (Fsp3) is 0.364. The molecule has 0 saturated carbocycles. The standard InChI is InChI=1S/C22H24S2/c1-9-11(3)21-20(14(6)16(8)23-21)18-10(2)12(4)22-19(17(9)18)13(5)15(7)24-22/h1-8H3. The normalized spacial score (nSPS) is 12.2. The fourth-order valence-electron chi connectivity index (χ4n) is 4.10. The van der Waals surface area contributed by atoms with Gasteiger partial charge in [-0.15, -0.1) is 22.7 Å². The molecule has 2 heterocycles. The minimum atomic E-state index is 1.45. The van der Waals surface area contributed by atoms with Gasteiger partial charge in [0.25, 0.3) is 0 Å². The second kappa shape index (κ2) is 5.06. The molecule has 0 amide bonds. The molecule has 0 unspecified atom stereocenters. The number of hydrogen-bond donors (Lipinski definition) is 0. The van der Waals surface area contributed by atoms with Crippen LogP contribution in [0.15, 0.2) is 0 Å². The van der Waals surface area contributed by atoms with Crippen molar-refractivity contribution in [3.05, 3.63) is 43.1 Å². The first-order valence-corrected chi connectivity index (χ1v) is 10.2. The Morgan fingerprint density at radius 1 is 0.375 bits per heavy atom. The molecule has 24 heavy (non-hydrogen) atoms. The van der Waals surface area contributed by atoms with Crippen LogP contribution in [0.2, 0.25) is 0 Å². The SMILES string of the molecule is Cc1sc2c(C)c(C)c3c4c(C)c(C)sc4c(C)c(C)c3c2c1C. The largest absolute Gasteiger partial charge is 0.140 e. The first kappa shape index (κ1) is 16.1. The van der Waals surface area contributed by atoms with Crippen molar-refractivity contribution in [2.75, 3.05) is 0 Å². The lowest BCUT2D eigenvalue weighted by atomic mass is 9.88. The zero-order valence-corrected chi connectivity index (χ0v) is 17.4. The van der Waals surface area contributed by atoms with E-state index < -0.39 is 0 Å². The summed E-state index contributed by atoms with van der Waals surface area (Å²) in [5.74, 6) is 0. The highest BCUT2D eigenvalue weighted by Crippen LogP contribution is 2.47. The van der Waals surface area contributed by atoms with Gasteiger partial charge in [0.05, 0.1) is 0 Å². The van der Waals surface area contributed by atoms with Crippen molar-refractivity contribution < 1.29 is 0 Å². The first-order chi connectivity index (χ1) is 11.3. The molecule has 2 heteroatoms. The minimum Gasteiger partial charge on any atom is -0.140 e. The molecule has 2 aromatic heterocycles. The van der Waals surface area contributed by atoms with Crippen LogP contribution >= 0.6 is 22.7 Å². The molecule has 2 aromatic carbocycles. The van der Waals surface area contributed by atoms with E-state index in [1.165, 1.54) is 74.1 Å². The van der Waals surface area contributed by atoms with Crippen LogP contribution in [0.1, 0.15) is 43.1 Å². The lowest BCUT2D eigenvalue weighted by molar-refractivity contribution is 1.39. The lowest BCUT2D eigenvalue weighted by Crippen LogP contribution is -1.93. The molecule has 0 nitrogen and oxygen atoms in total. The zero-order valence-electron chi connectivity index (χ0n) is 15.8. The molecule has 4 rings (SSSR count). The Bertz CT molecular complexity index is 1070. The third-order valence-electron chi connectivity index (χ3n) is 6.08. The number of thiophene rings is 2. The lowest BCUT2D eigenvalue weighted by Gasteiger charge is -2.16. The van der Waals surface area contributed by atoms with Crippen molar-refractivity contribution in [2.24, 2.45) is 0 Å². The predicted octanol–water partition coefficient (Wildman–Crippen LogP) is 7.74. The van der Waals surface area contributed by atoms with Gasteiger partial charge in [-0.25, -0.2) is 0 Å². The van der Waals surface area contributed by atoms with Crippen LogP contribution in [0.4, 0.5) is 0 Å². The van der Waals surface area contributed by atoms with Gasteiger partial charge in [0, 0.05) is 29.9 Å². The molecule has 0 fully saturated rings. The van der Waals surface area contributed by atoms with E-state index in [1.54, 1.807) is 0 Å². The molecule has 0 aliphatic heterocycles. The first-order valence-electron chi connectivity index (χ1n) is 8.57. The topological polar surface area (TPSA) is 0 Å². The van der Waals surface area contributed by atoms with E-state index in [1.807, 2.05) is 22.7 Å². The Morgan fingerprint density at radius 3 is 1.04 bits per heavy atom. The van der Waals surface area contributed by atoms with Crippen molar-refractivity contribution in [3.8, 4) is 0 Å². The summed E-state index contributed by atoms with van der Waals surface area (Å²) in [5.41, 5.74) is 8.79. The van der Waals surface area contributed by atoms with Gasteiger partial charge in [-0.3, -0.25) is 0 Å². The highest BCUT2D eigenvalue weighted by molar-refractivity contribution is 7.20.